The Kier molecular flexibility index (Phi) is 6.08. The summed E-state index contributed by atoms with van der Waals surface area (Å²) >= 11 is 0. The van der Waals surface area contributed by atoms with E-state index in [4.69, 9.17) is 0 Å². The molecule has 2 fully saturated rings. The van der Waals surface area contributed by atoms with E-state index in [-0.39, 0.29) is 23.4 Å². The van der Waals surface area contributed by atoms with Crippen LogP contribution in [0.25, 0.3) is 0 Å². The van der Waals surface area contributed by atoms with Crippen molar-refractivity contribution in [3.63, 3.8) is 0 Å². The lowest BCUT2D eigenvalue weighted by Crippen LogP contribution is -2.39. The molecule has 2 aromatic rings. The van der Waals surface area contributed by atoms with Gasteiger partial charge in [0.05, 0.1) is 0 Å². The number of Topliss-reactive ketones (excluding diaryl/α,β-unsaturated/α-hetero) is 2. The van der Waals surface area contributed by atoms with Gasteiger partial charge in [0, 0.05) is 31.0 Å². The molecule has 2 atom stereocenters. The van der Waals surface area contributed by atoms with Crippen LogP contribution < -0.4 is 0 Å². The third kappa shape index (κ3) is 4.34. The Labute approximate surface area is 184 Å². The highest BCUT2D eigenvalue weighted by molar-refractivity contribution is 6.15. The molecule has 1 aliphatic carbocycles. The molecule has 2 unspecified atom stereocenters. The largest absolute Gasteiger partial charge is 0.339 e. The molecule has 0 bridgehead atoms. The van der Waals surface area contributed by atoms with E-state index in [1.54, 1.807) is 0 Å². The van der Waals surface area contributed by atoms with Gasteiger partial charge in [0.2, 0.25) is 0 Å². The Morgan fingerprint density at radius 1 is 0.968 bits per heavy atom. The second-order valence-electron chi connectivity index (χ2n) is 9.35. The van der Waals surface area contributed by atoms with Gasteiger partial charge in [0.1, 0.15) is 11.7 Å². The second kappa shape index (κ2) is 8.78. The number of ketones is 2. The summed E-state index contributed by atoms with van der Waals surface area (Å²) in [6.07, 6.45) is 2.91. The minimum atomic E-state index is -0.592. The Morgan fingerprint density at radius 3 is 2.19 bits per heavy atom. The summed E-state index contributed by atoms with van der Waals surface area (Å²) in [6, 6.07) is 13.5. The Bertz CT molecular complexity index is 979. The van der Waals surface area contributed by atoms with Gasteiger partial charge in [-0.05, 0) is 74.8 Å². The van der Waals surface area contributed by atoms with E-state index >= 15 is 0 Å². The van der Waals surface area contributed by atoms with E-state index < -0.39 is 5.92 Å². The third-order valence-corrected chi connectivity index (χ3v) is 7.02. The Morgan fingerprint density at radius 2 is 1.58 bits per heavy atom. The van der Waals surface area contributed by atoms with Crippen LogP contribution in [-0.4, -0.2) is 35.5 Å². The molecule has 4 nitrogen and oxygen atoms in total. The van der Waals surface area contributed by atoms with Crippen LogP contribution in [0.5, 0.6) is 0 Å². The van der Waals surface area contributed by atoms with Crippen LogP contribution in [0, 0.1) is 32.6 Å². The number of carbonyl (C=O) groups is 3. The highest BCUT2D eigenvalue weighted by Gasteiger charge is 2.44. The molecule has 1 aliphatic heterocycles. The normalized spacial score (nSPS) is 22.2. The molecule has 2 aromatic carbocycles. The second-order valence-corrected chi connectivity index (χ2v) is 9.35. The zero-order chi connectivity index (χ0) is 22.1. The topological polar surface area (TPSA) is 54.5 Å². The van der Waals surface area contributed by atoms with Gasteiger partial charge in [-0.25, -0.2) is 0 Å². The van der Waals surface area contributed by atoms with Crippen molar-refractivity contribution in [3.8, 4) is 0 Å². The maximum absolute atomic E-state index is 13.3. The van der Waals surface area contributed by atoms with Crippen molar-refractivity contribution in [2.45, 2.75) is 52.4 Å². The lowest BCUT2D eigenvalue weighted by Gasteiger charge is -2.33. The molecular weight excluding hydrogens is 386 g/mol. The smallest absolute Gasteiger partial charge is 0.253 e. The van der Waals surface area contributed by atoms with Gasteiger partial charge in [0.15, 0.2) is 5.78 Å². The minimum absolute atomic E-state index is 0.0711. The van der Waals surface area contributed by atoms with Crippen molar-refractivity contribution in [2.24, 2.45) is 11.8 Å². The molecule has 2 aliphatic rings. The molecule has 4 heteroatoms. The predicted molar refractivity (Wildman–Crippen MR) is 121 cm³/mol. The average molecular weight is 418 g/mol. The van der Waals surface area contributed by atoms with Crippen molar-refractivity contribution in [2.75, 3.05) is 13.1 Å². The molecule has 0 spiro atoms. The molecule has 1 heterocycles. The van der Waals surface area contributed by atoms with Crippen LogP contribution in [0.15, 0.2) is 42.5 Å². The van der Waals surface area contributed by atoms with Crippen LogP contribution in [0.2, 0.25) is 0 Å². The zero-order valence-electron chi connectivity index (χ0n) is 18.7. The molecule has 4 rings (SSSR count). The van der Waals surface area contributed by atoms with Gasteiger partial charge in [-0.3, -0.25) is 14.4 Å². The molecule has 0 aromatic heterocycles. The number of piperidine rings is 1. The van der Waals surface area contributed by atoms with Crippen molar-refractivity contribution < 1.29 is 14.4 Å². The average Bonchev–Trinajstić information content (AvgIpc) is 3.01. The van der Waals surface area contributed by atoms with Crippen molar-refractivity contribution >= 4 is 17.5 Å². The van der Waals surface area contributed by atoms with E-state index in [0.29, 0.717) is 25.4 Å². The van der Waals surface area contributed by atoms with E-state index in [9.17, 15) is 14.4 Å². The first-order valence-corrected chi connectivity index (χ1v) is 11.3. The molecule has 162 valence electrons. The van der Waals surface area contributed by atoms with E-state index in [1.807, 2.05) is 56.0 Å². The van der Waals surface area contributed by atoms with Crippen LogP contribution in [0.1, 0.15) is 64.2 Å². The van der Waals surface area contributed by atoms with Gasteiger partial charge in [-0.15, -0.1) is 0 Å². The summed E-state index contributed by atoms with van der Waals surface area (Å²) in [4.78, 5) is 40.7. The molecular formula is C27H31NO3. The van der Waals surface area contributed by atoms with Gasteiger partial charge >= 0.3 is 0 Å². The first-order valence-electron chi connectivity index (χ1n) is 11.3. The lowest BCUT2D eigenvalue weighted by atomic mass is 9.83. The summed E-state index contributed by atoms with van der Waals surface area (Å²) in [5.41, 5.74) is 4.88. The van der Waals surface area contributed by atoms with Crippen LogP contribution in [0.4, 0.5) is 0 Å². The fourth-order valence-electron chi connectivity index (χ4n) is 5.54. The lowest BCUT2D eigenvalue weighted by molar-refractivity contribution is -0.125. The number of nitrogens with zero attached hydrogens (tertiary/aromatic N) is 1. The maximum atomic E-state index is 13.3. The van der Waals surface area contributed by atoms with E-state index in [0.717, 1.165) is 47.1 Å². The van der Waals surface area contributed by atoms with Gasteiger partial charge < -0.3 is 4.90 Å². The van der Waals surface area contributed by atoms with Crippen molar-refractivity contribution in [1.82, 2.24) is 4.90 Å². The molecule has 31 heavy (non-hydrogen) atoms. The maximum Gasteiger partial charge on any atom is 0.253 e. The molecule has 0 N–H and O–H groups in total. The SMILES string of the molecule is Cc1cc(C)c(C2C(=O)CC(CC3CCN(C(=O)c4ccccc4)CC3)C2=O)c(C)c1. The number of hydrogen-bond donors (Lipinski definition) is 0. The third-order valence-electron chi connectivity index (χ3n) is 7.02. The summed E-state index contributed by atoms with van der Waals surface area (Å²) in [7, 11) is 0. The van der Waals surface area contributed by atoms with Gasteiger partial charge in [0.25, 0.3) is 5.91 Å². The number of carbonyl (C=O) groups excluding carboxylic acids is 3. The van der Waals surface area contributed by atoms with E-state index in [2.05, 4.69) is 12.1 Å². The molecule has 0 radical (unpaired) electrons. The number of rotatable bonds is 4. The van der Waals surface area contributed by atoms with Crippen molar-refractivity contribution in [1.29, 1.82) is 0 Å². The number of aryl methyl sites for hydroxylation is 3. The molecule has 1 saturated carbocycles. The summed E-state index contributed by atoms with van der Waals surface area (Å²) in [5.74, 6) is -0.133. The predicted octanol–water partition coefficient (Wildman–Crippen LogP) is 4.80. The van der Waals surface area contributed by atoms with Crippen molar-refractivity contribution in [3.05, 3.63) is 70.3 Å². The van der Waals surface area contributed by atoms with Crippen LogP contribution in [-0.2, 0) is 9.59 Å². The number of likely N-dealkylation sites (tertiary alicyclic amines) is 1. The zero-order valence-corrected chi connectivity index (χ0v) is 18.7. The fourth-order valence-corrected chi connectivity index (χ4v) is 5.54. The first-order chi connectivity index (χ1) is 14.8. The standard InChI is InChI=1S/C27H31NO3/c1-17-13-18(2)24(19(3)14-17)25-23(29)16-22(26(25)30)15-20-9-11-28(12-10-20)27(31)21-7-5-4-6-8-21/h4-8,13-14,20,22,25H,9-12,15-16H2,1-3H3. The minimum Gasteiger partial charge on any atom is -0.339 e. The summed E-state index contributed by atoms with van der Waals surface area (Å²) in [5, 5.41) is 0. The summed E-state index contributed by atoms with van der Waals surface area (Å²) < 4.78 is 0. The number of hydrogen-bond acceptors (Lipinski definition) is 3. The van der Waals surface area contributed by atoms with Gasteiger partial charge in [-0.2, -0.15) is 0 Å². The van der Waals surface area contributed by atoms with Crippen LogP contribution >= 0.6 is 0 Å². The highest BCUT2D eigenvalue weighted by Crippen LogP contribution is 2.40. The fraction of sp³-hybridized carbons (Fsp3) is 0.444. The Hall–Kier alpha value is -2.75. The summed E-state index contributed by atoms with van der Waals surface area (Å²) in [6.45, 7) is 7.48. The monoisotopic (exact) mass is 417 g/mol. The van der Waals surface area contributed by atoms with Gasteiger partial charge in [-0.1, -0.05) is 35.9 Å². The first kappa shape index (κ1) is 21.5. The highest BCUT2D eigenvalue weighted by atomic mass is 16.2. The number of benzene rings is 2. The Balaban J connectivity index is 1.39. The molecule has 1 amide bonds. The quantitative estimate of drug-likeness (QED) is 0.672. The van der Waals surface area contributed by atoms with E-state index in [1.165, 1.54) is 0 Å². The number of amides is 1. The molecule has 1 saturated heterocycles. The van der Waals surface area contributed by atoms with Crippen LogP contribution in [0.3, 0.4) is 0 Å².